The van der Waals surface area contributed by atoms with Crippen molar-refractivity contribution in [3.63, 3.8) is 0 Å². The van der Waals surface area contributed by atoms with Crippen molar-refractivity contribution in [3.05, 3.63) is 200 Å². The second kappa shape index (κ2) is 12.3. The zero-order chi connectivity index (χ0) is 32.6. The first-order valence-electron chi connectivity index (χ1n) is 16.9. The van der Waals surface area contributed by atoms with Crippen LogP contribution in [0.1, 0.15) is 0 Å². The summed E-state index contributed by atoms with van der Waals surface area (Å²) in [6.07, 6.45) is 0. The van der Waals surface area contributed by atoms with Crippen LogP contribution in [0.15, 0.2) is 200 Å². The molecule has 0 atom stereocenters. The third-order valence-corrected chi connectivity index (χ3v) is 9.63. The average Bonchev–Trinajstić information content (AvgIpc) is 3.18. The zero-order valence-corrected chi connectivity index (χ0v) is 27.0. The quantitative estimate of drug-likeness (QED) is 0.167. The van der Waals surface area contributed by atoms with Crippen molar-refractivity contribution >= 4 is 49.4 Å². The van der Waals surface area contributed by atoms with Crippen LogP contribution >= 0.6 is 0 Å². The number of fused-ring (bicyclic) bond motifs is 4. The Kier molecular flexibility index (Phi) is 7.22. The van der Waals surface area contributed by atoms with E-state index in [0.717, 1.165) is 17.1 Å². The predicted octanol–water partition coefficient (Wildman–Crippen LogP) is 13.6. The summed E-state index contributed by atoms with van der Waals surface area (Å²) in [7, 11) is 0. The van der Waals surface area contributed by atoms with E-state index >= 15 is 0 Å². The molecule has 0 fully saturated rings. The van der Waals surface area contributed by atoms with Crippen molar-refractivity contribution in [2.45, 2.75) is 0 Å². The van der Waals surface area contributed by atoms with E-state index in [1.807, 2.05) is 0 Å². The van der Waals surface area contributed by atoms with Crippen LogP contribution < -0.4 is 4.90 Å². The molecule has 9 aromatic rings. The molecule has 0 saturated heterocycles. The molecule has 0 aromatic heterocycles. The number of rotatable bonds is 6. The summed E-state index contributed by atoms with van der Waals surface area (Å²) in [5.74, 6) is 0. The molecule has 0 aliphatic carbocycles. The van der Waals surface area contributed by atoms with Gasteiger partial charge in [0.05, 0.1) is 5.69 Å². The molecule has 0 amide bonds. The van der Waals surface area contributed by atoms with Crippen LogP contribution in [0.3, 0.4) is 0 Å². The van der Waals surface area contributed by atoms with Gasteiger partial charge in [0.15, 0.2) is 0 Å². The van der Waals surface area contributed by atoms with E-state index in [1.165, 1.54) is 65.7 Å². The van der Waals surface area contributed by atoms with Gasteiger partial charge in [-0.25, -0.2) is 0 Å². The normalized spacial score (nSPS) is 11.3. The lowest BCUT2D eigenvalue weighted by atomic mass is 9.87. The molecule has 9 rings (SSSR count). The van der Waals surface area contributed by atoms with E-state index in [9.17, 15) is 0 Å². The molecule has 0 heterocycles. The predicted molar refractivity (Wildman–Crippen MR) is 210 cm³/mol. The lowest BCUT2D eigenvalue weighted by Gasteiger charge is -2.30. The fourth-order valence-corrected chi connectivity index (χ4v) is 7.32. The second-order valence-electron chi connectivity index (χ2n) is 12.5. The molecule has 1 nitrogen and oxygen atoms in total. The largest absolute Gasteiger partial charge is 0.310 e. The highest BCUT2D eigenvalue weighted by molar-refractivity contribution is 6.09. The lowest BCUT2D eigenvalue weighted by molar-refractivity contribution is 1.29. The molecule has 0 aliphatic heterocycles. The van der Waals surface area contributed by atoms with E-state index in [4.69, 9.17) is 0 Å². The summed E-state index contributed by atoms with van der Waals surface area (Å²) < 4.78 is 0. The average molecular weight is 624 g/mol. The SMILES string of the molecule is c1ccc(-c2ccccc2-c2c(-c3ccccc3)cccc2N(c2ccc3ccccc3c2)c2ccc3c(ccc4ccccc43)c2)cc1. The fraction of sp³-hybridized carbons (Fsp3) is 0. The van der Waals surface area contributed by atoms with E-state index in [1.54, 1.807) is 0 Å². The molecule has 9 aromatic carbocycles. The van der Waals surface area contributed by atoms with Crippen molar-refractivity contribution in [2.75, 3.05) is 4.90 Å². The molecule has 1 heteroatoms. The molecular weight excluding hydrogens is 591 g/mol. The van der Waals surface area contributed by atoms with Crippen molar-refractivity contribution in [3.8, 4) is 33.4 Å². The van der Waals surface area contributed by atoms with Crippen LogP contribution in [0.2, 0.25) is 0 Å². The standard InChI is InChI=1S/C48H33N/c1-3-15-35(16-4-1)43-22-11-12-23-46(43)48-45(36-17-5-2-6-18-36)24-13-25-47(48)49(40-29-28-34-14-7-8-20-38(34)32-40)41-30-31-44-39(33-41)27-26-37-19-9-10-21-42(37)44/h1-33H. The number of hydrogen-bond donors (Lipinski definition) is 0. The van der Waals surface area contributed by atoms with E-state index in [2.05, 4.69) is 205 Å². The minimum atomic E-state index is 1.11. The van der Waals surface area contributed by atoms with Crippen LogP contribution in [0.25, 0.3) is 65.7 Å². The summed E-state index contributed by atoms with van der Waals surface area (Å²) in [4.78, 5) is 2.45. The van der Waals surface area contributed by atoms with E-state index in [0.29, 0.717) is 0 Å². The third-order valence-electron chi connectivity index (χ3n) is 9.63. The first kappa shape index (κ1) is 28.8. The maximum atomic E-state index is 2.45. The molecule has 0 bridgehead atoms. The van der Waals surface area contributed by atoms with Crippen molar-refractivity contribution in [1.82, 2.24) is 0 Å². The molecule has 49 heavy (non-hydrogen) atoms. The van der Waals surface area contributed by atoms with Gasteiger partial charge in [0.2, 0.25) is 0 Å². The summed E-state index contributed by atoms with van der Waals surface area (Å²) in [6, 6.07) is 72.6. The maximum Gasteiger partial charge on any atom is 0.0546 e. The highest BCUT2D eigenvalue weighted by Gasteiger charge is 2.23. The van der Waals surface area contributed by atoms with Gasteiger partial charge in [0.1, 0.15) is 0 Å². The minimum Gasteiger partial charge on any atom is -0.310 e. The van der Waals surface area contributed by atoms with Gasteiger partial charge >= 0.3 is 0 Å². The first-order chi connectivity index (χ1) is 24.3. The second-order valence-corrected chi connectivity index (χ2v) is 12.5. The molecule has 0 radical (unpaired) electrons. The number of benzene rings is 9. The number of hydrogen-bond acceptors (Lipinski definition) is 1. The Morgan fingerprint density at radius 1 is 0.286 bits per heavy atom. The summed E-state index contributed by atoms with van der Waals surface area (Å²) >= 11 is 0. The third kappa shape index (κ3) is 5.23. The highest BCUT2D eigenvalue weighted by atomic mass is 15.1. The number of anilines is 3. The topological polar surface area (TPSA) is 3.24 Å². The lowest BCUT2D eigenvalue weighted by Crippen LogP contribution is -2.12. The minimum absolute atomic E-state index is 1.11. The Hall–Kier alpha value is -6.44. The highest BCUT2D eigenvalue weighted by Crippen LogP contribution is 2.48. The van der Waals surface area contributed by atoms with Gasteiger partial charge < -0.3 is 4.90 Å². The van der Waals surface area contributed by atoms with Crippen molar-refractivity contribution in [2.24, 2.45) is 0 Å². The molecule has 0 aliphatic rings. The van der Waals surface area contributed by atoms with Crippen LogP contribution in [0.4, 0.5) is 17.1 Å². The van der Waals surface area contributed by atoms with Crippen molar-refractivity contribution in [1.29, 1.82) is 0 Å². The summed E-state index contributed by atoms with van der Waals surface area (Å²) in [5, 5.41) is 7.43. The first-order valence-corrected chi connectivity index (χ1v) is 16.9. The Morgan fingerprint density at radius 2 is 0.796 bits per heavy atom. The van der Waals surface area contributed by atoms with Crippen LogP contribution in [-0.2, 0) is 0 Å². The van der Waals surface area contributed by atoms with E-state index in [-0.39, 0.29) is 0 Å². The molecule has 0 spiro atoms. The van der Waals surface area contributed by atoms with E-state index < -0.39 is 0 Å². The smallest absolute Gasteiger partial charge is 0.0546 e. The maximum absolute atomic E-state index is 2.45. The molecule has 0 saturated carbocycles. The Labute approximate surface area is 287 Å². The fourth-order valence-electron chi connectivity index (χ4n) is 7.32. The van der Waals surface area contributed by atoms with Gasteiger partial charge in [0, 0.05) is 16.9 Å². The Morgan fingerprint density at radius 3 is 1.57 bits per heavy atom. The van der Waals surface area contributed by atoms with Crippen LogP contribution in [0, 0.1) is 0 Å². The Balaban J connectivity index is 1.36. The molecule has 0 N–H and O–H groups in total. The van der Waals surface area contributed by atoms with Gasteiger partial charge in [-0.1, -0.05) is 170 Å². The summed E-state index contributed by atoms with van der Waals surface area (Å²) in [5.41, 5.74) is 10.5. The Bertz CT molecular complexity index is 2600. The van der Waals surface area contributed by atoms with Gasteiger partial charge in [-0.05, 0) is 90.5 Å². The van der Waals surface area contributed by atoms with Gasteiger partial charge in [-0.3, -0.25) is 0 Å². The molecular formula is C48H33N. The zero-order valence-electron chi connectivity index (χ0n) is 27.0. The molecule has 230 valence electrons. The van der Waals surface area contributed by atoms with Crippen molar-refractivity contribution < 1.29 is 0 Å². The number of nitrogens with zero attached hydrogens (tertiary/aromatic N) is 1. The van der Waals surface area contributed by atoms with Crippen LogP contribution in [-0.4, -0.2) is 0 Å². The summed E-state index contributed by atoms with van der Waals surface area (Å²) in [6.45, 7) is 0. The van der Waals surface area contributed by atoms with Crippen LogP contribution in [0.5, 0.6) is 0 Å². The molecule has 0 unspecified atom stereocenters. The van der Waals surface area contributed by atoms with Gasteiger partial charge in [-0.2, -0.15) is 0 Å². The van der Waals surface area contributed by atoms with Gasteiger partial charge in [-0.15, -0.1) is 0 Å². The van der Waals surface area contributed by atoms with Gasteiger partial charge in [0.25, 0.3) is 0 Å². The monoisotopic (exact) mass is 623 g/mol.